The van der Waals surface area contributed by atoms with Crippen molar-refractivity contribution >= 4 is 18.0 Å². The lowest BCUT2D eigenvalue weighted by atomic mass is 10.4. The van der Waals surface area contributed by atoms with Gasteiger partial charge in [-0.15, -0.1) is 6.42 Å². The van der Waals surface area contributed by atoms with E-state index in [2.05, 4.69) is 5.92 Å². The highest BCUT2D eigenvalue weighted by molar-refractivity contribution is 7.74. The fraction of sp³-hybridized carbons (Fsp3) is 0.0667. The molecule has 0 spiro atoms. The second-order valence-corrected chi connectivity index (χ2v) is 6.09. The first kappa shape index (κ1) is 12.6. The van der Waals surface area contributed by atoms with E-state index in [4.69, 9.17) is 10.9 Å². The molecule has 0 N–H and O–H groups in total. The predicted molar refractivity (Wildman–Crippen MR) is 74.5 cm³/mol. The highest BCUT2D eigenvalue weighted by Crippen LogP contribution is 2.44. The van der Waals surface area contributed by atoms with Crippen molar-refractivity contribution in [3.63, 3.8) is 0 Å². The number of rotatable bonds is 4. The van der Waals surface area contributed by atoms with Crippen molar-refractivity contribution in [1.82, 2.24) is 0 Å². The summed E-state index contributed by atoms with van der Waals surface area (Å²) >= 11 is 0. The molecule has 0 aromatic heterocycles. The Morgan fingerprint density at radius 3 is 1.78 bits per heavy atom. The number of hydrogen-bond acceptors (Lipinski definition) is 2. The lowest BCUT2D eigenvalue weighted by molar-refractivity contribution is 0.375. The van der Waals surface area contributed by atoms with Crippen LogP contribution in [0.25, 0.3) is 0 Å². The number of benzene rings is 2. The van der Waals surface area contributed by atoms with E-state index < -0.39 is 7.37 Å². The van der Waals surface area contributed by atoms with Crippen LogP contribution < -0.4 is 10.6 Å². The molecule has 0 radical (unpaired) electrons. The van der Waals surface area contributed by atoms with Crippen LogP contribution >= 0.6 is 7.37 Å². The summed E-state index contributed by atoms with van der Waals surface area (Å²) in [6.07, 6.45) is 5.20. The van der Waals surface area contributed by atoms with E-state index in [1.54, 1.807) is 24.3 Å². The molecule has 18 heavy (non-hydrogen) atoms. The van der Waals surface area contributed by atoms with E-state index in [1.807, 2.05) is 36.4 Å². The van der Waals surface area contributed by atoms with Gasteiger partial charge in [0.2, 0.25) is 0 Å². The van der Waals surface area contributed by atoms with E-state index in [9.17, 15) is 4.57 Å². The van der Waals surface area contributed by atoms with Gasteiger partial charge < -0.3 is 4.52 Å². The summed E-state index contributed by atoms with van der Waals surface area (Å²) in [6, 6.07) is 18.3. The molecule has 0 heterocycles. The minimum atomic E-state index is -3.08. The molecular weight excluding hydrogens is 243 g/mol. The van der Waals surface area contributed by atoms with Crippen molar-refractivity contribution < 1.29 is 9.09 Å². The number of hydrogen-bond donors (Lipinski definition) is 0. The van der Waals surface area contributed by atoms with Gasteiger partial charge in [0.15, 0.2) is 0 Å². The largest absolute Gasteiger partial charge is 0.309 e. The summed E-state index contributed by atoms with van der Waals surface area (Å²) in [7, 11) is -3.08. The Labute approximate surface area is 107 Å². The van der Waals surface area contributed by atoms with Crippen molar-refractivity contribution in [3.8, 4) is 12.3 Å². The van der Waals surface area contributed by atoms with Crippen molar-refractivity contribution in [3.05, 3.63) is 60.7 Å². The molecular formula is C15H13O2P. The molecule has 90 valence electrons. The second-order valence-electron chi connectivity index (χ2n) is 3.70. The Morgan fingerprint density at radius 1 is 0.944 bits per heavy atom. The molecule has 0 atom stereocenters. The highest BCUT2D eigenvalue weighted by Gasteiger charge is 2.27. The molecule has 3 heteroatoms. The third-order valence-electron chi connectivity index (χ3n) is 2.52. The van der Waals surface area contributed by atoms with Crippen LogP contribution in [-0.4, -0.2) is 6.61 Å². The Morgan fingerprint density at radius 2 is 1.39 bits per heavy atom. The van der Waals surface area contributed by atoms with Gasteiger partial charge in [-0.3, -0.25) is 4.57 Å². The molecule has 0 aliphatic carbocycles. The first-order valence-electron chi connectivity index (χ1n) is 5.56. The standard InChI is InChI=1S/C15H13O2P/c1-2-13-17-18(16,14-9-5-3-6-10-14)15-11-7-4-8-12-15/h1,3-12H,13H2. The molecule has 0 unspecified atom stereocenters. The molecule has 0 aliphatic rings. The molecule has 0 amide bonds. The van der Waals surface area contributed by atoms with Crippen LogP contribution in [0.15, 0.2) is 60.7 Å². The van der Waals surface area contributed by atoms with Crippen LogP contribution in [0.1, 0.15) is 0 Å². The minimum absolute atomic E-state index is 0.0288. The van der Waals surface area contributed by atoms with Crippen molar-refractivity contribution in [2.75, 3.05) is 6.61 Å². The SMILES string of the molecule is C#CCOP(=O)(c1ccccc1)c1ccccc1. The zero-order valence-electron chi connectivity index (χ0n) is 9.82. The monoisotopic (exact) mass is 256 g/mol. The van der Waals surface area contributed by atoms with E-state index >= 15 is 0 Å². The molecule has 0 saturated heterocycles. The van der Waals surface area contributed by atoms with Gasteiger partial charge in [-0.2, -0.15) is 0 Å². The van der Waals surface area contributed by atoms with Gasteiger partial charge in [0.1, 0.15) is 6.61 Å². The summed E-state index contributed by atoms with van der Waals surface area (Å²) in [6.45, 7) is 0.0288. The van der Waals surface area contributed by atoms with Crippen molar-refractivity contribution in [2.45, 2.75) is 0 Å². The summed E-state index contributed by atoms with van der Waals surface area (Å²) in [5.74, 6) is 2.37. The Hall–Kier alpha value is -1.81. The predicted octanol–water partition coefficient (Wildman–Crippen LogP) is 2.57. The van der Waals surface area contributed by atoms with Gasteiger partial charge in [-0.05, 0) is 24.3 Å². The fourth-order valence-electron chi connectivity index (χ4n) is 1.67. The van der Waals surface area contributed by atoms with E-state index in [1.165, 1.54) is 0 Å². The normalized spacial score (nSPS) is 10.8. The van der Waals surface area contributed by atoms with Crippen LogP contribution in [0, 0.1) is 12.3 Å². The first-order valence-corrected chi connectivity index (χ1v) is 7.19. The first-order chi connectivity index (χ1) is 8.77. The third kappa shape index (κ3) is 2.54. The summed E-state index contributed by atoms with van der Waals surface area (Å²) in [4.78, 5) is 0. The van der Waals surface area contributed by atoms with Gasteiger partial charge in [0, 0.05) is 10.6 Å². The van der Waals surface area contributed by atoms with Gasteiger partial charge in [-0.25, -0.2) is 0 Å². The quantitative estimate of drug-likeness (QED) is 0.620. The molecule has 0 fully saturated rings. The topological polar surface area (TPSA) is 26.3 Å². The zero-order chi connectivity index (χ0) is 12.8. The van der Waals surface area contributed by atoms with Crippen LogP contribution in [0.3, 0.4) is 0 Å². The maximum atomic E-state index is 13.1. The highest BCUT2D eigenvalue weighted by atomic mass is 31.2. The van der Waals surface area contributed by atoms with Crippen LogP contribution in [0.2, 0.25) is 0 Å². The summed E-state index contributed by atoms with van der Waals surface area (Å²) in [5.41, 5.74) is 0. The third-order valence-corrected chi connectivity index (χ3v) is 4.97. The minimum Gasteiger partial charge on any atom is -0.309 e. The lowest BCUT2D eigenvalue weighted by Gasteiger charge is -2.17. The van der Waals surface area contributed by atoms with E-state index in [-0.39, 0.29) is 6.61 Å². The number of terminal acetylenes is 1. The maximum Gasteiger partial charge on any atom is 0.262 e. The Balaban J connectivity index is 2.49. The van der Waals surface area contributed by atoms with E-state index in [0.717, 1.165) is 0 Å². The summed E-state index contributed by atoms with van der Waals surface area (Å²) < 4.78 is 18.5. The smallest absolute Gasteiger partial charge is 0.262 e. The molecule has 2 nitrogen and oxygen atoms in total. The Bertz CT molecular complexity index is 541. The average molecular weight is 256 g/mol. The van der Waals surface area contributed by atoms with Gasteiger partial charge in [-0.1, -0.05) is 42.3 Å². The Kier molecular flexibility index (Phi) is 3.99. The van der Waals surface area contributed by atoms with Crippen LogP contribution in [0.4, 0.5) is 0 Å². The van der Waals surface area contributed by atoms with E-state index in [0.29, 0.717) is 10.6 Å². The van der Waals surface area contributed by atoms with Crippen molar-refractivity contribution in [2.24, 2.45) is 0 Å². The molecule has 0 bridgehead atoms. The molecule has 2 aromatic carbocycles. The van der Waals surface area contributed by atoms with Crippen molar-refractivity contribution in [1.29, 1.82) is 0 Å². The van der Waals surface area contributed by atoms with Crippen LogP contribution in [0.5, 0.6) is 0 Å². The second kappa shape index (κ2) is 5.69. The zero-order valence-corrected chi connectivity index (χ0v) is 10.7. The molecule has 2 aromatic rings. The average Bonchev–Trinajstić information content (AvgIpc) is 2.46. The molecule has 0 aliphatic heterocycles. The van der Waals surface area contributed by atoms with Crippen LogP contribution in [-0.2, 0) is 9.09 Å². The van der Waals surface area contributed by atoms with Gasteiger partial charge in [0.05, 0.1) is 0 Å². The van der Waals surface area contributed by atoms with Gasteiger partial charge in [0.25, 0.3) is 7.37 Å². The lowest BCUT2D eigenvalue weighted by Crippen LogP contribution is -2.18. The summed E-state index contributed by atoms with van der Waals surface area (Å²) in [5, 5.41) is 1.32. The van der Waals surface area contributed by atoms with Gasteiger partial charge >= 0.3 is 0 Å². The molecule has 2 rings (SSSR count). The maximum absolute atomic E-state index is 13.1. The molecule has 0 saturated carbocycles. The fourth-order valence-corrected chi connectivity index (χ4v) is 3.66.